The number of piperidine rings is 1. The molecule has 2 heterocycles. The summed E-state index contributed by atoms with van der Waals surface area (Å²) in [7, 11) is 4.00. The summed E-state index contributed by atoms with van der Waals surface area (Å²) in [4.78, 5) is 2.57. The lowest BCUT2D eigenvalue weighted by atomic mass is 9.97. The van der Waals surface area contributed by atoms with Crippen LogP contribution in [0.1, 0.15) is 25.7 Å². The van der Waals surface area contributed by atoms with Gasteiger partial charge in [-0.3, -0.25) is 0 Å². The van der Waals surface area contributed by atoms with Gasteiger partial charge in [0.1, 0.15) is 5.75 Å². The molecule has 2 saturated heterocycles. The van der Waals surface area contributed by atoms with Crippen molar-refractivity contribution in [3.63, 3.8) is 0 Å². The summed E-state index contributed by atoms with van der Waals surface area (Å²) in [6, 6.07) is 8.22. The van der Waals surface area contributed by atoms with Crippen molar-refractivity contribution in [2.75, 3.05) is 19.5 Å². The molecule has 2 bridgehead atoms. The van der Waals surface area contributed by atoms with E-state index in [4.69, 9.17) is 4.74 Å². The molecule has 0 amide bonds. The highest BCUT2D eigenvalue weighted by Crippen LogP contribution is 2.37. The molecule has 2 aliphatic rings. The van der Waals surface area contributed by atoms with Crippen molar-refractivity contribution in [2.24, 2.45) is 0 Å². The van der Waals surface area contributed by atoms with Crippen LogP contribution in [0.5, 0.6) is 5.75 Å². The van der Waals surface area contributed by atoms with Gasteiger partial charge in [-0.1, -0.05) is 15.9 Å². The van der Waals surface area contributed by atoms with E-state index in [1.165, 1.54) is 25.7 Å². The van der Waals surface area contributed by atoms with Crippen molar-refractivity contribution in [1.82, 2.24) is 4.90 Å². The van der Waals surface area contributed by atoms with Gasteiger partial charge in [-0.15, -0.1) is 0 Å². The van der Waals surface area contributed by atoms with Gasteiger partial charge < -0.3 is 15.0 Å². The van der Waals surface area contributed by atoms with E-state index < -0.39 is 0 Å². The van der Waals surface area contributed by atoms with Crippen molar-refractivity contribution in [3.05, 3.63) is 22.7 Å². The lowest BCUT2D eigenvalue weighted by Gasteiger charge is -2.37. The third-order valence-electron chi connectivity index (χ3n) is 4.62. The summed E-state index contributed by atoms with van der Waals surface area (Å²) in [5.41, 5.74) is 1.10. The van der Waals surface area contributed by atoms with Gasteiger partial charge in [-0.2, -0.15) is 0 Å². The van der Waals surface area contributed by atoms with E-state index in [-0.39, 0.29) is 0 Å². The molecule has 2 aliphatic heterocycles. The Morgan fingerprint density at radius 3 is 2.58 bits per heavy atom. The summed E-state index contributed by atoms with van der Waals surface area (Å²) >= 11 is 3.53. The van der Waals surface area contributed by atoms with Gasteiger partial charge in [0, 0.05) is 22.6 Å². The van der Waals surface area contributed by atoms with Crippen molar-refractivity contribution >= 4 is 21.6 Å². The minimum Gasteiger partial charge on any atom is -0.495 e. The van der Waals surface area contributed by atoms with Crippen LogP contribution in [-0.2, 0) is 0 Å². The number of nitrogens with zero attached hydrogens (tertiary/aromatic N) is 1. The molecule has 0 aromatic heterocycles. The number of ether oxygens (including phenoxy) is 1. The average Bonchev–Trinajstić information content (AvgIpc) is 2.63. The first-order valence-electron chi connectivity index (χ1n) is 6.99. The fraction of sp³-hybridized carbons (Fsp3) is 0.600. The molecule has 0 saturated carbocycles. The zero-order chi connectivity index (χ0) is 13.4. The molecule has 0 spiro atoms. The molecule has 1 N–H and O–H groups in total. The number of anilines is 1. The molecule has 19 heavy (non-hydrogen) atoms. The minimum absolute atomic E-state index is 0.567. The highest BCUT2D eigenvalue weighted by molar-refractivity contribution is 9.10. The summed E-state index contributed by atoms with van der Waals surface area (Å²) in [6.45, 7) is 0. The molecular formula is C15H21BrN2O. The minimum atomic E-state index is 0.567. The number of nitrogens with one attached hydrogen (secondary N) is 1. The van der Waals surface area contributed by atoms with Crippen LogP contribution in [0.2, 0.25) is 0 Å². The second-order valence-electron chi connectivity index (χ2n) is 5.71. The Kier molecular flexibility index (Phi) is 3.72. The zero-order valence-corrected chi connectivity index (χ0v) is 13.1. The fourth-order valence-electron chi connectivity index (χ4n) is 3.54. The fourth-order valence-corrected chi connectivity index (χ4v) is 3.90. The molecule has 4 heteroatoms. The first-order valence-corrected chi connectivity index (χ1v) is 7.78. The van der Waals surface area contributed by atoms with Gasteiger partial charge in [0.05, 0.1) is 12.8 Å². The maximum atomic E-state index is 5.44. The smallest absolute Gasteiger partial charge is 0.142 e. The van der Waals surface area contributed by atoms with Gasteiger partial charge in [0.2, 0.25) is 0 Å². The van der Waals surface area contributed by atoms with E-state index in [0.29, 0.717) is 6.04 Å². The Balaban J connectivity index is 1.74. The van der Waals surface area contributed by atoms with Crippen molar-refractivity contribution < 1.29 is 4.74 Å². The van der Waals surface area contributed by atoms with E-state index in [1.807, 2.05) is 12.1 Å². The largest absolute Gasteiger partial charge is 0.495 e. The van der Waals surface area contributed by atoms with Crippen LogP contribution in [0.3, 0.4) is 0 Å². The van der Waals surface area contributed by atoms with Crippen LogP contribution in [0.4, 0.5) is 5.69 Å². The molecule has 1 aromatic rings. The Morgan fingerprint density at radius 2 is 1.95 bits per heavy atom. The Hall–Kier alpha value is -0.740. The quantitative estimate of drug-likeness (QED) is 0.921. The van der Waals surface area contributed by atoms with Gasteiger partial charge in [-0.25, -0.2) is 0 Å². The van der Waals surface area contributed by atoms with E-state index in [2.05, 4.69) is 39.3 Å². The van der Waals surface area contributed by atoms with E-state index >= 15 is 0 Å². The van der Waals surface area contributed by atoms with Gasteiger partial charge in [-0.05, 0) is 50.9 Å². The molecule has 2 unspecified atom stereocenters. The van der Waals surface area contributed by atoms with Crippen LogP contribution in [0.25, 0.3) is 0 Å². The van der Waals surface area contributed by atoms with Crippen molar-refractivity contribution in [3.8, 4) is 5.75 Å². The molecule has 2 fully saturated rings. The van der Waals surface area contributed by atoms with Crippen LogP contribution < -0.4 is 10.1 Å². The maximum absolute atomic E-state index is 5.44. The predicted molar refractivity (Wildman–Crippen MR) is 81.9 cm³/mol. The third-order valence-corrected chi connectivity index (χ3v) is 5.11. The number of hydrogen-bond acceptors (Lipinski definition) is 3. The molecule has 0 radical (unpaired) electrons. The molecule has 3 nitrogen and oxygen atoms in total. The molecule has 0 aliphatic carbocycles. The maximum Gasteiger partial charge on any atom is 0.142 e. The lowest BCUT2D eigenvalue weighted by Crippen LogP contribution is -2.44. The van der Waals surface area contributed by atoms with Crippen molar-refractivity contribution in [2.45, 2.75) is 43.8 Å². The summed E-state index contributed by atoms with van der Waals surface area (Å²) in [6.07, 6.45) is 5.19. The topological polar surface area (TPSA) is 24.5 Å². The van der Waals surface area contributed by atoms with Gasteiger partial charge >= 0.3 is 0 Å². The third kappa shape index (κ3) is 2.61. The number of benzene rings is 1. The number of rotatable bonds is 3. The molecular weight excluding hydrogens is 304 g/mol. The Bertz CT molecular complexity index is 451. The number of halogens is 1. The lowest BCUT2D eigenvalue weighted by molar-refractivity contribution is 0.169. The number of methoxy groups -OCH3 is 1. The van der Waals surface area contributed by atoms with Gasteiger partial charge in [0.15, 0.2) is 0 Å². The van der Waals surface area contributed by atoms with E-state index in [0.717, 1.165) is 28.0 Å². The van der Waals surface area contributed by atoms with Crippen LogP contribution in [0.15, 0.2) is 22.7 Å². The SMILES string of the molecule is COc1ccc(Br)cc1NC1CC2CCC(C1)N2C. The second kappa shape index (κ2) is 5.33. The zero-order valence-electron chi connectivity index (χ0n) is 11.5. The normalized spacial score (nSPS) is 30.4. The Morgan fingerprint density at radius 1 is 1.26 bits per heavy atom. The van der Waals surface area contributed by atoms with Crippen LogP contribution >= 0.6 is 15.9 Å². The summed E-state index contributed by atoms with van der Waals surface area (Å²) in [5, 5.41) is 3.68. The molecule has 3 rings (SSSR count). The monoisotopic (exact) mass is 324 g/mol. The number of fused-ring (bicyclic) bond motifs is 2. The van der Waals surface area contributed by atoms with Crippen LogP contribution in [-0.4, -0.2) is 37.2 Å². The molecule has 1 aromatic carbocycles. The first-order chi connectivity index (χ1) is 9.17. The average molecular weight is 325 g/mol. The van der Waals surface area contributed by atoms with Crippen molar-refractivity contribution in [1.29, 1.82) is 0 Å². The summed E-state index contributed by atoms with van der Waals surface area (Å²) < 4.78 is 6.53. The first kappa shape index (κ1) is 13.3. The number of hydrogen-bond donors (Lipinski definition) is 1. The highest BCUT2D eigenvalue weighted by Gasteiger charge is 2.38. The van der Waals surface area contributed by atoms with Crippen LogP contribution in [0, 0.1) is 0 Å². The molecule has 2 atom stereocenters. The predicted octanol–water partition coefficient (Wildman–Crippen LogP) is 3.49. The second-order valence-corrected chi connectivity index (χ2v) is 6.62. The molecule has 104 valence electrons. The van der Waals surface area contributed by atoms with E-state index in [1.54, 1.807) is 7.11 Å². The highest BCUT2D eigenvalue weighted by atomic mass is 79.9. The van der Waals surface area contributed by atoms with E-state index in [9.17, 15) is 0 Å². The Labute approximate surface area is 123 Å². The van der Waals surface area contributed by atoms with Gasteiger partial charge in [0.25, 0.3) is 0 Å². The summed E-state index contributed by atoms with van der Waals surface area (Å²) in [5.74, 6) is 0.925. The standard InChI is InChI=1S/C15H21BrN2O/c1-18-12-4-5-13(18)9-11(8-12)17-14-7-10(16)3-6-15(14)19-2/h3,6-7,11-13,17H,4-5,8-9H2,1-2H3.